The molecular formula is C16H24ClN3O3. The Kier molecular flexibility index (Phi) is 6.50. The van der Waals surface area contributed by atoms with Gasteiger partial charge in [-0.05, 0) is 19.2 Å². The highest BCUT2D eigenvalue weighted by Crippen LogP contribution is 2.29. The van der Waals surface area contributed by atoms with E-state index in [-0.39, 0.29) is 12.0 Å². The Morgan fingerprint density at radius 3 is 2.78 bits per heavy atom. The Bertz CT molecular complexity index is 546. The van der Waals surface area contributed by atoms with Crippen molar-refractivity contribution in [3.05, 3.63) is 22.7 Å². The van der Waals surface area contributed by atoms with Gasteiger partial charge in [-0.15, -0.1) is 0 Å². The van der Waals surface area contributed by atoms with Crippen molar-refractivity contribution in [3.63, 3.8) is 0 Å². The second-order valence-electron chi connectivity index (χ2n) is 5.42. The maximum atomic E-state index is 12.4. The molecule has 1 amide bonds. The molecule has 2 rings (SSSR count). The smallest absolute Gasteiger partial charge is 0.255 e. The number of carbonyl (C=O) groups is 1. The summed E-state index contributed by atoms with van der Waals surface area (Å²) in [6.45, 7) is 8.55. The molecule has 0 saturated carbocycles. The first-order valence-electron chi connectivity index (χ1n) is 7.89. The lowest BCUT2D eigenvalue weighted by Gasteiger charge is -2.18. The number of nitrogen functional groups attached to an aromatic ring is 1. The van der Waals surface area contributed by atoms with Gasteiger partial charge in [-0.3, -0.25) is 4.79 Å². The molecule has 0 radical (unpaired) electrons. The van der Waals surface area contributed by atoms with Crippen molar-refractivity contribution in [3.8, 4) is 5.75 Å². The molecular weight excluding hydrogens is 318 g/mol. The third-order valence-electron chi connectivity index (χ3n) is 3.78. The first-order valence-corrected chi connectivity index (χ1v) is 8.26. The summed E-state index contributed by atoms with van der Waals surface area (Å²) in [6, 6.07) is 3.14. The van der Waals surface area contributed by atoms with Crippen LogP contribution >= 0.6 is 11.6 Å². The fourth-order valence-corrected chi connectivity index (χ4v) is 2.34. The summed E-state index contributed by atoms with van der Waals surface area (Å²) in [7, 11) is 0. The van der Waals surface area contributed by atoms with Crippen molar-refractivity contribution >= 4 is 23.2 Å². The van der Waals surface area contributed by atoms with Crippen molar-refractivity contribution in [1.82, 2.24) is 10.2 Å². The summed E-state index contributed by atoms with van der Waals surface area (Å²) in [4.78, 5) is 14.6. The molecule has 6 nitrogen and oxygen atoms in total. The van der Waals surface area contributed by atoms with Gasteiger partial charge in [-0.1, -0.05) is 25.4 Å². The predicted octanol–water partition coefficient (Wildman–Crippen LogP) is 1.77. The molecule has 1 saturated heterocycles. The summed E-state index contributed by atoms with van der Waals surface area (Å²) >= 11 is 6.04. The highest BCUT2D eigenvalue weighted by molar-refractivity contribution is 6.33. The molecule has 1 aromatic rings. The molecule has 1 heterocycles. The molecule has 1 fully saturated rings. The van der Waals surface area contributed by atoms with Crippen molar-refractivity contribution in [2.45, 2.75) is 20.0 Å². The van der Waals surface area contributed by atoms with E-state index < -0.39 is 0 Å². The molecule has 3 N–H and O–H groups in total. The summed E-state index contributed by atoms with van der Waals surface area (Å²) in [5.74, 6) is 0.216. The number of carbonyl (C=O) groups excluding carboxylic acids is 1. The van der Waals surface area contributed by atoms with Crippen molar-refractivity contribution < 1.29 is 14.3 Å². The van der Waals surface area contributed by atoms with E-state index in [0.29, 0.717) is 41.8 Å². The molecule has 0 aliphatic carbocycles. The molecule has 1 aliphatic rings. The number of hydrogen-bond acceptors (Lipinski definition) is 5. The lowest BCUT2D eigenvalue weighted by molar-refractivity contribution is 0.0944. The Hall–Kier alpha value is -1.50. The van der Waals surface area contributed by atoms with E-state index in [1.807, 2.05) is 0 Å². The molecule has 128 valence electrons. The van der Waals surface area contributed by atoms with Gasteiger partial charge in [0.2, 0.25) is 0 Å². The van der Waals surface area contributed by atoms with Gasteiger partial charge in [0.1, 0.15) is 18.5 Å². The number of epoxide rings is 1. The van der Waals surface area contributed by atoms with Crippen LogP contribution in [0.15, 0.2) is 12.1 Å². The number of rotatable bonds is 9. The Balaban J connectivity index is 2.00. The summed E-state index contributed by atoms with van der Waals surface area (Å²) < 4.78 is 10.8. The van der Waals surface area contributed by atoms with Gasteiger partial charge in [-0.2, -0.15) is 0 Å². The molecule has 7 heteroatoms. The average Bonchev–Trinajstić information content (AvgIpc) is 3.36. The maximum absolute atomic E-state index is 12.4. The van der Waals surface area contributed by atoms with Crippen molar-refractivity contribution in [1.29, 1.82) is 0 Å². The highest BCUT2D eigenvalue weighted by Gasteiger charge is 2.24. The predicted molar refractivity (Wildman–Crippen MR) is 91.2 cm³/mol. The molecule has 0 bridgehead atoms. The molecule has 1 unspecified atom stereocenters. The fraction of sp³-hybridized carbons (Fsp3) is 0.562. The van der Waals surface area contributed by atoms with E-state index in [9.17, 15) is 4.79 Å². The van der Waals surface area contributed by atoms with Crippen LogP contribution in [0.3, 0.4) is 0 Å². The summed E-state index contributed by atoms with van der Waals surface area (Å²) in [6.07, 6.45) is 0.102. The number of halogens is 1. The van der Waals surface area contributed by atoms with E-state index in [2.05, 4.69) is 24.1 Å². The second kappa shape index (κ2) is 8.38. The van der Waals surface area contributed by atoms with Gasteiger partial charge in [0, 0.05) is 19.2 Å². The molecule has 0 aromatic heterocycles. The third kappa shape index (κ3) is 5.27. The number of hydrogen-bond donors (Lipinski definition) is 2. The first kappa shape index (κ1) is 17.8. The number of ether oxygens (including phenoxy) is 2. The Morgan fingerprint density at radius 1 is 1.48 bits per heavy atom. The van der Waals surface area contributed by atoms with Crippen LogP contribution in [0.4, 0.5) is 5.69 Å². The van der Waals surface area contributed by atoms with Crippen molar-refractivity contribution in [2.24, 2.45) is 0 Å². The zero-order valence-electron chi connectivity index (χ0n) is 13.6. The van der Waals surface area contributed by atoms with Crippen molar-refractivity contribution in [2.75, 3.05) is 45.1 Å². The standard InChI is InChI=1S/C16H24ClN3O3/c1-3-20(4-2)6-5-19-16(21)12-7-13(17)14(18)8-15(12)23-10-11-9-22-11/h7-8,11H,3-6,9-10,18H2,1-2H3,(H,19,21). The average molecular weight is 342 g/mol. The SMILES string of the molecule is CCN(CC)CCNC(=O)c1cc(Cl)c(N)cc1OCC1CO1. The fourth-order valence-electron chi connectivity index (χ4n) is 2.18. The number of benzene rings is 1. The van der Waals surface area contributed by atoms with Gasteiger partial charge < -0.3 is 25.4 Å². The maximum Gasteiger partial charge on any atom is 0.255 e. The Morgan fingerprint density at radius 2 is 2.17 bits per heavy atom. The second-order valence-corrected chi connectivity index (χ2v) is 5.83. The van der Waals surface area contributed by atoms with E-state index in [0.717, 1.165) is 19.6 Å². The minimum absolute atomic E-state index is 0.102. The molecule has 23 heavy (non-hydrogen) atoms. The van der Waals surface area contributed by atoms with Crippen LogP contribution in [0, 0.1) is 0 Å². The van der Waals surface area contributed by atoms with Gasteiger partial charge in [-0.25, -0.2) is 0 Å². The molecule has 1 aromatic carbocycles. The Labute approximate surface area is 141 Å². The number of nitrogens with one attached hydrogen (secondary N) is 1. The third-order valence-corrected chi connectivity index (χ3v) is 4.11. The number of nitrogens with two attached hydrogens (primary N) is 1. The molecule has 0 spiro atoms. The van der Waals surface area contributed by atoms with E-state index >= 15 is 0 Å². The summed E-state index contributed by atoms with van der Waals surface area (Å²) in [5.41, 5.74) is 6.59. The van der Waals surface area contributed by atoms with Gasteiger partial charge in [0.25, 0.3) is 5.91 Å². The quantitative estimate of drug-likeness (QED) is 0.528. The number of anilines is 1. The topological polar surface area (TPSA) is 80.1 Å². The van der Waals surface area contributed by atoms with Gasteiger partial charge in [0.15, 0.2) is 0 Å². The lowest BCUT2D eigenvalue weighted by Crippen LogP contribution is -2.35. The van der Waals surface area contributed by atoms with E-state index in [1.165, 1.54) is 0 Å². The molecule has 1 atom stereocenters. The van der Waals surface area contributed by atoms with Crippen LogP contribution < -0.4 is 15.8 Å². The van der Waals surface area contributed by atoms with Crippen LogP contribution in [0.2, 0.25) is 5.02 Å². The first-order chi connectivity index (χ1) is 11.0. The minimum Gasteiger partial charge on any atom is -0.490 e. The normalized spacial score (nSPS) is 16.4. The van der Waals surface area contributed by atoms with Gasteiger partial charge >= 0.3 is 0 Å². The van der Waals surface area contributed by atoms with Gasteiger partial charge in [0.05, 0.1) is 22.9 Å². The summed E-state index contributed by atoms with van der Waals surface area (Å²) in [5, 5.41) is 3.24. The monoisotopic (exact) mass is 341 g/mol. The van der Waals surface area contributed by atoms with Crippen LogP contribution in [0.1, 0.15) is 24.2 Å². The number of nitrogens with zero attached hydrogens (tertiary/aromatic N) is 1. The van der Waals surface area contributed by atoms with Crippen LogP contribution in [-0.2, 0) is 4.74 Å². The zero-order valence-corrected chi connectivity index (χ0v) is 14.4. The minimum atomic E-state index is -0.217. The van der Waals surface area contributed by atoms with E-state index in [1.54, 1.807) is 12.1 Å². The number of likely N-dealkylation sites (N-methyl/N-ethyl adjacent to an activating group) is 1. The highest BCUT2D eigenvalue weighted by atomic mass is 35.5. The number of amides is 1. The zero-order chi connectivity index (χ0) is 16.8. The lowest BCUT2D eigenvalue weighted by atomic mass is 10.1. The van der Waals surface area contributed by atoms with Crippen LogP contribution in [0.25, 0.3) is 0 Å². The largest absolute Gasteiger partial charge is 0.490 e. The van der Waals surface area contributed by atoms with E-state index in [4.69, 9.17) is 26.8 Å². The van der Waals surface area contributed by atoms with Crippen LogP contribution in [0.5, 0.6) is 5.75 Å². The molecule has 1 aliphatic heterocycles. The van der Waals surface area contributed by atoms with Crippen LogP contribution in [-0.4, -0.2) is 56.3 Å².